The summed E-state index contributed by atoms with van der Waals surface area (Å²) in [4.78, 5) is 49.4. The van der Waals surface area contributed by atoms with Crippen LogP contribution in [0, 0.1) is 10.8 Å². The molecule has 0 saturated heterocycles. The van der Waals surface area contributed by atoms with Gasteiger partial charge in [-0.3, -0.25) is 23.9 Å². The Balaban J connectivity index is 2.88. The summed E-state index contributed by atoms with van der Waals surface area (Å²) >= 11 is 5.69. The number of hydrogen-bond donors (Lipinski definition) is 1. The molecule has 30 heavy (non-hydrogen) atoms. The lowest BCUT2D eigenvalue weighted by molar-refractivity contribution is -0.184. The van der Waals surface area contributed by atoms with E-state index in [0.717, 1.165) is 4.57 Å². The zero-order chi connectivity index (χ0) is 23.3. The number of ether oxygens (including phenoxy) is 2. The topological polar surface area (TPSA) is 125 Å². The van der Waals surface area contributed by atoms with E-state index in [1.165, 1.54) is 18.3 Å². The lowest BCUT2D eigenvalue weighted by Crippen LogP contribution is -2.33. The van der Waals surface area contributed by atoms with Crippen LogP contribution in [0.2, 0.25) is 5.02 Å². The minimum atomic E-state index is -2.30. The van der Waals surface area contributed by atoms with Gasteiger partial charge in [-0.25, -0.2) is 4.79 Å². The molecule has 0 spiro atoms. The van der Waals surface area contributed by atoms with Crippen molar-refractivity contribution in [1.82, 2.24) is 9.55 Å². The van der Waals surface area contributed by atoms with E-state index in [2.05, 4.69) is 4.98 Å². The highest BCUT2D eigenvalue weighted by molar-refractivity contribution is 7.45. The largest absolute Gasteiger partial charge is 0.451 e. The van der Waals surface area contributed by atoms with Crippen LogP contribution in [0.5, 0.6) is 0 Å². The quantitative estimate of drug-likeness (QED) is 0.286. The van der Waals surface area contributed by atoms with Gasteiger partial charge in [0.1, 0.15) is 5.02 Å². The summed E-state index contributed by atoms with van der Waals surface area (Å²) in [7, 11) is -2.30. The monoisotopic (exact) mass is 461 g/mol. The van der Waals surface area contributed by atoms with Crippen molar-refractivity contribution in [2.75, 3.05) is 6.16 Å². The van der Waals surface area contributed by atoms with Crippen LogP contribution >= 0.6 is 19.4 Å². The molecule has 1 unspecified atom stereocenters. The van der Waals surface area contributed by atoms with Crippen LogP contribution in [0.25, 0.3) is 0 Å². The minimum absolute atomic E-state index is 0.0622. The molecule has 1 atom stereocenters. The average molecular weight is 462 g/mol. The summed E-state index contributed by atoms with van der Waals surface area (Å²) in [5.41, 5.74) is -3.07. The molecule has 11 heteroatoms. The van der Waals surface area contributed by atoms with E-state index in [0.29, 0.717) is 0 Å². The molecule has 0 bridgehead atoms. The van der Waals surface area contributed by atoms with Crippen molar-refractivity contribution in [2.24, 2.45) is 10.8 Å². The molecule has 1 heterocycles. The second-order valence-corrected chi connectivity index (χ2v) is 10.6. The molecule has 0 fully saturated rings. The molecular weight excluding hydrogens is 435 g/mol. The van der Waals surface area contributed by atoms with E-state index < -0.39 is 47.8 Å². The van der Waals surface area contributed by atoms with Crippen LogP contribution < -0.4 is 11.2 Å². The summed E-state index contributed by atoms with van der Waals surface area (Å²) < 4.78 is 24.2. The summed E-state index contributed by atoms with van der Waals surface area (Å²) in [5, 5.41) is -0.141. The second kappa shape index (κ2) is 10.2. The molecule has 9 nitrogen and oxygen atoms in total. The van der Waals surface area contributed by atoms with Gasteiger partial charge in [0.15, 0.2) is 6.16 Å². The van der Waals surface area contributed by atoms with Gasteiger partial charge in [-0.1, -0.05) is 22.2 Å². The number of esters is 2. The number of nitrogens with zero attached hydrogens (tertiary/aromatic N) is 1. The van der Waals surface area contributed by atoms with E-state index in [-0.39, 0.29) is 17.7 Å². The second-order valence-electron chi connectivity index (χ2n) is 8.58. The van der Waals surface area contributed by atoms with Crippen LogP contribution in [0.4, 0.5) is 0 Å². The van der Waals surface area contributed by atoms with Crippen LogP contribution in [0.15, 0.2) is 27.9 Å². The van der Waals surface area contributed by atoms with Crippen LogP contribution in [-0.2, 0) is 30.2 Å². The highest BCUT2D eigenvalue weighted by atomic mass is 35.5. The predicted octanol–water partition coefficient (Wildman–Crippen LogP) is 3.04. The molecule has 1 aromatic rings. The van der Waals surface area contributed by atoms with Gasteiger partial charge in [0.25, 0.3) is 5.56 Å². The Morgan fingerprint density at radius 3 is 2.07 bits per heavy atom. The molecular formula is C19H27ClN2O7P+. The maximum Gasteiger partial charge on any atom is 0.451 e. The third kappa shape index (κ3) is 7.88. The normalized spacial score (nSPS) is 12.9. The Bertz CT molecular complexity index is 923. The van der Waals surface area contributed by atoms with E-state index in [4.69, 9.17) is 21.1 Å². The van der Waals surface area contributed by atoms with Gasteiger partial charge in [0, 0.05) is 12.7 Å². The van der Waals surface area contributed by atoms with Crippen LogP contribution in [0.3, 0.4) is 0 Å². The first kappa shape index (κ1) is 25.8. The molecule has 0 radical (unpaired) electrons. The Morgan fingerprint density at radius 2 is 1.60 bits per heavy atom. The van der Waals surface area contributed by atoms with Gasteiger partial charge >= 0.3 is 31.5 Å². The number of rotatable bonds is 7. The molecule has 0 saturated carbocycles. The van der Waals surface area contributed by atoms with Crippen molar-refractivity contribution < 1.29 is 23.6 Å². The van der Waals surface area contributed by atoms with Crippen molar-refractivity contribution in [3.05, 3.63) is 44.2 Å². The first-order valence-corrected chi connectivity index (χ1v) is 11.0. The van der Waals surface area contributed by atoms with Gasteiger partial charge < -0.3 is 9.47 Å². The fourth-order valence-electron chi connectivity index (χ4n) is 1.75. The van der Waals surface area contributed by atoms with Gasteiger partial charge in [-0.2, -0.15) is 0 Å². The molecule has 0 aliphatic heterocycles. The Morgan fingerprint density at radius 1 is 1.10 bits per heavy atom. The van der Waals surface area contributed by atoms with Gasteiger partial charge in [-0.15, -0.1) is 0 Å². The number of allylic oxidation sites excluding steroid dienone is 2. The Kier molecular flexibility index (Phi) is 8.75. The first-order valence-electron chi connectivity index (χ1n) is 9.13. The molecule has 1 aromatic heterocycles. The Labute approximate surface area is 180 Å². The molecule has 0 aromatic carbocycles. The molecule has 166 valence electrons. The lowest BCUT2D eigenvalue weighted by atomic mass is 9.97. The summed E-state index contributed by atoms with van der Waals surface area (Å²) in [6.07, 6.45) is 4.14. The number of aromatic nitrogens is 2. The smallest absolute Gasteiger partial charge is 0.384 e. The number of halogens is 1. The van der Waals surface area contributed by atoms with E-state index in [1.54, 1.807) is 41.5 Å². The number of aromatic amines is 1. The van der Waals surface area contributed by atoms with Gasteiger partial charge in [0.05, 0.1) is 10.8 Å². The van der Waals surface area contributed by atoms with E-state index in [9.17, 15) is 23.7 Å². The minimum Gasteiger partial charge on any atom is -0.384 e. The fraction of sp³-hybridized carbons (Fsp3) is 0.579. The lowest BCUT2D eigenvalue weighted by Gasteiger charge is -2.21. The Hall–Kier alpha value is -2.25. The van der Waals surface area contributed by atoms with Crippen molar-refractivity contribution >= 4 is 31.3 Å². The highest BCUT2D eigenvalue weighted by Gasteiger charge is 2.41. The summed E-state index contributed by atoms with van der Waals surface area (Å²) in [6.45, 7) is 9.80. The third-order valence-electron chi connectivity index (χ3n) is 3.60. The average Bonchev–Trinajstić information content (AvgIpc) is 2.60. The molecule has 0 aliphatic carbocycles. The molecule has 0 amide bonds. The van der Waals surface area contributed by atoms with Crippen LogP contribution in [0.1, 0.15) is 41.5 Å². The number of H-pyrrole nitrogens is 1. The van der Waals surface area contributed by atoms with Crippen LogP contribution in [-0.4, -0.2) is 33.7 Å². The SMILES string of the molecule is CC(C)(C)C(=O)OC(OC(=O)C(C)(C)C)[P+](=O)C/C=C\Cn1cc(Cl)c(=O)[nH]c1=O. The van der Waals surface area contributed by atoms with E-state index in [1.807, 2.05) is 0 Å². The van der Waals surface area contributed by atoms with Gasteiger partial charge in [-0.05, 0) is 47.6 Å². The molecule has 0 aliphatic rings. The molecule has 1 rings (SSSR count). The van der Waals surface area contributed by atoms with Crippen molar-refractivity contribution in [3.63, 3.8) is 0 Å². The summed E-state index contributed by atoms with van der Waals surface area (Å²) in [5.74, 6) is -1.31. The zero-order valence-electron chi connectivity index (χ0n) is 17.9. The number of carbonyl (C=O) groups is 2. The van der Waals surface area contributed by atoms with Crippen molar-refractivity contribution in [2.45, 2.75) is 54.1 Å². The molecule has 1 N–H and O–H groups in total. The fourth-order valence-corrected chi connectivity index (χ4v) is 2.87. The number of carbonyl (C=O) groups excluding carboxylic acids is 2. The summed E-state index contributed by atoms with van der Waals surface area (Å²) in [6, 6.07) is -1.53. The first-order chi connectivity index (χ1) is 13.6. The zero-order valence-corrected chi connectivity index (χ0v) is 19.5. The third-order valence-corrected chi connectivity index (χ3v) is 5.12. The number of nitrogens with one attached hydrogen (secondary N) is 1. The predicted molar refractivity (Wildman–Crippen MR) is 113 cm³/mol. The van der Waals surface area contributed by atoms with E-state index >= 15 is 0 Å². The maximum absolute atomic E-state index is 12.7. The van der Waals surface area contributed by atoms with Crippen molar-refractivity contribution in [3.8, 4) is 0 Å². The number of hydrogen-bond acceptors (Lipinski definition) is 7. The standard InChI is InChI=1S/C19H26ClN2O7P/c1-18(2,3)14(24)28-17(29-15(25)19(4,5)6)30(27)10-8-7-9-22-11-12(20)13(23)21-16(22)26/h7-8,11,17H,9-10H2,1-6H3/p+1/b8-7-. The van der Waals surface area contributed by atoms with Crippen molar-refractivity contribution in [1.29, 1.82) is 0 Å². The highest BCUT2D eigenvalue weighted by Crippen LogP contribution is 2.34. The van der Waals surface area contributed by atoms with Gasteiger partial charge in [0.2, 0.25) is 0 Å². The maximum atomic E-state index is 12.7.